The van der Waals surface area contributed by atoms with Crippen LogP contribution in [0, 0.1) is 11.6 Å². The number of fused-ring (bicyclic) bond motifs is 1. The molecular weight excluding hydrogens is 434 g/mol. The van der Waals surface area contributed by atoms with Crippen molar-refractivity contribution in [3.8, 4) is 5.75 Å². The van der Waals surface area contributed by atoms with Gasteiger partial charge in [0.25, 0.3) is 5.91 Å². The minimum Gasteiger partial charge on any atom is -0.494 e. The van der Waals surface area contributed by atoms with Gasteiger partial charge in [0.15, 0.2) is 11.6 Å². The van der Waals surface area contributed by atoms with E-state index in [1.54, 1.807) is 12.1 Å². The molecule has 2 heterocycles. The van der Waals surface area contributed by atoms with Crippen molar-refractivity contribution in [1.29, 1.82) is 0 Å². The number of carbonyl (C=O) groups excluding carboxylic acids is 1. The molecule has 0 bridgehead atoms. The van der Waals surface area contributed by atoms with Crippen molar-refractivity contribution >= 4 is 27.3 Å². The number of hydrogen-bond acceptors (Lipinski definition) is 5. The van der Waals surface area contributed by atoms with Crippen molar-refractivity contribution < 1.29 is 23.0 Å². The summed E-state index contributed by atoms with van der Waals surface area (Å²) >= 11 is 1.29. The summed E-state index contributed by atoms with van der Waals surface area (Å²) in [6.45, 7) is 2.42. The van der Waals surface area contributed by atoms with Gasteiger partial charge in [0.05, 0.1) is 18.6 Å². The van der Waals surface area contributed by atoms with Crippen LogP contribution in [-0.4, -0.2) is 44.2 Å². The Morgan fingerprint density at radius 3 is 2.62 bits per heavy atom. The summed E-state index contributed by atoms with van der Waals surface area (Å²) in [5.74, 6) is -0.649. The van der Waals surface area contributed by atoms with E-state index < -0.39 is 0 Å². The first kappa shape index (κ1) is 22.6. The molecular formula is C24H26F2N2O3S. The quantitative estimate of drug-likeness (QED) is 0.554. The monoisotopic (exact) mass is 460 g/mol. The fourth-order valence-corrected chi connectivity index (χ4v) is 5.31. The molecule has 0 atom stereocenters. The van der Waals surface area contributed by atoms with E-state index in [0.29, 0.717) is 22.4 Å². The van der Waals surface area contributed by atoms with Crippen molar-refractivity contribution in [3.05, 3.63) is 64.0 Å². The maximum Gasteiger partial charge on any atom is 0.261 e. The summed E-state index contributed by atoms with van der Waals surface area (Å²) in [6.07, 6.45) is 1.59. The third kappa shape index (κ3) is 4.77. The van der Waals surface area contributed by atoms with Gasteiger partial charge in [-0.3, -0.25) is 9.69 Å². The van der Waals surface area contributed by atoms with E-state index in [-0.39, 0.29) is 35.9 Å². The molecule has 5 nitrogen and oxygen atoms in total. The van der Waals surface area contributed by atoms with E-state index in [9.17, 15) is 13.6 Å². The van der Waals surface area contributed by atoms with Crippen LogP contribution in [0.3, 0.4) is 0 Å². The van der Waals surface area contributed by atoms with Gasteiger partial charge in [-0.1, -0.05) is 12.1 Å². The van der Waals surface area contributed by atoms with Crippen molar-refractivity contribution in [2.45, 2.75) is 32.0 Å². The van der Waals surface area contributed by atoms with Crippen molar-refractivity contribution in [2.75, 3.05) is 27.3 Å². The Morgan fingerprint density at radius 2 is 1.94 bits per heavy atom. The Morgan fingerprint density at radius 1 is 1.16 bits per heavy atom. The number of rotatable bonds is 7. The molecule has 1 amide bonds. The predicted molar refractivity (Wildman–Crippen MR) is 121 cm³/mol. The minimum atomic E-state index is -0.362. The molecule has 0 radical (unpaired) electrons. The second-order valence-electron chi connectivity index (χ2n) is 7.95. The molecule has 0 unspecified atom stereocenters. The average Bonchev–Trinajstić information content (AvgIpc) is 3.15. The number of piperidine rings is 1. The summed E-state index contributed by atoms with van der Waals surface area (Å²) in [5.41, 5.74) is 1.49. The number of nitrogens with one attached hydrogen (secondary N) is 1. The fourth-order valence-electron chi connectivity index (χ4n) is 4.19. The summed E-state index contributed by atoms with van der Waals surface area (Å²) in [6, 6.07) is 9.93. The molecule has 4 rings (SSSR count). The van der Waals surface area contributed by atoms with Gasteiger partial charge in [0.2, 0.25) is 0 Å². The number of nitrogens with zero attached hydrogens (tertiary/aromatic N) is 1. The number of halogens is 2. The minimum absolute atomic E-state index is 0.0387. The molecule has 1 saturated heterocycles. The van der Waals surface area contributed by atoms with Gasteiger partial charge in [-0.25, -0.2) is 8.78 Å². The summed E-state index contributed by atoms with van der Waals surface area (Å²) in [7, 11) is 2.99. The standard InChI is InChI=1S/C24H26F2N2O3S/c1-30-14-17-22-18(25)4-3-5-21(22)32-23(17)24(29)27-16-8-10-28(11-9-16)13-15-6-7-20(31-2)19(26)12-15/h3-7,12,16H,8-11,13-14H2,1-2H3,(H,27,29). The number of ether oxygens (including phenoxy) is 2. The highest BCUT2D eigenvalue weighted by atomic mass is 32.1. The topological polar surface area (TPSA) is 50.8 Å². The molecule has 2 aromatic carbocycles. The second kappa shape index (κ2) is 9.94. The maximum absolute atomic E-state index is 14.4. The zero-order valence-corrected chi connectivity index (χ0v) is 18.9. The molecule has 0 spiro atoms. The van der Waals surface area contributed by atoms with Gasteiger partial charge in [0, 0.05) is 48.4 Å². The average molecular weight is 461 g/mol. The van der Waals surface area contributed by atoms with Crippen molar-refractivity contribution in [2.24, 2.45) is 0 Å². The van der Waals surface area contributed by atoms with Gasteiger partial charge in [0.1, 0.15) is 5.82 Å². The zero-order chi connectivity index (χ0) is 22.7. The van der Waals surface area contributed by atoms with Crippen LogP contribution in [-0.2, 0) is 17.9 Å². The molecule has 1 aliphatic rings. The van der Waals surface area contributed by atoms with Gasteiger partial charge in [-0.2, -0.15) is 0 Å². The highest BCUT2D eigenvalue weighted by molar-refractivity contribution is 7.21. The Balaban J connectivity index is 1.38. The molecule has 170 valence electrons. The van der Waals surface area contributed by atoms with Crippen molar-refractivity contribution in [3.63, 3.8) is 0 Å². The molecule has 0 aliphatic carbocycles. The normalized spacial score (nSPS) is 15.2. The lowest BCUT2D eigenvalue weighted by Gasteiger charge is -2.32. The first-order valence-corrected chi connectivity index (χ1v) is 11.4. The Bertz CT molecular complexity index is 1110. The Labute approximate surface area is 189 Å². The van der Waals surface area contributed by atoms with Crippen LogP contribution in [0.1, 0.15) is 33.6 Å². The van der Waals surface area contributed by atoms with Crippen LogP contribution >= 0.6 is 11.3 Å². The largest absolute Gasteiger partial charge is 0.494 e. The van der Waals surface area contributed by atoms with E-state index in [4.69, 9.17) is 9.47 Å². The van der Waals surface area contributed by atoms with Gasteiger partial charge < -0.3 is 14.8 Å². The number of carbonyl (C=O) groups is 1. The molecule has 0 saturated carbocycles. The first-order valence-electron chi connectivity index (χ1n) is 10.5. The lowest BCUT2D eigenvalue weighted by molar-refractivity contribution is 0.0909. The maximum atomic E-state index is 14.4. The molecule has 1 N–H and O–H groups in total. The van der Waals surface area contributed by atoms with E-state index in [2.05, 4.69) is 10.2 Å². The SMILES string of the molecule is COCc1c(C(=O)NC2CCN(Cc3ccc(OC)c(F)c3)CC2)sc2cccc(F)c12. The van der Waals surface area contributed by atoms with Gasteiger partial charge >= 0.3 is 0 Å². The molecule has 32 heavy (non-hydrogen) atoms. The molecule has 8 heteroatoms. The molecule has 1 aliphatic heterocycles. The fraction of sp³-hybridized carbons (Fsp3) is 0.375. The highest BCUT2D eigenvalue weighted by Crippen LogP contribution is 2.34. The van der Waals surface area contributed by atoms with E-state index in [1.165, 1.54) is 37.7 Å². The number of amides is 1. The lowest BCUT2D eigenvalue weighted by atomic mass is 10.0. The van der Waals surface area contributed by atoms with Crippen LogP contribution < -0.4 is 10.1 Å². The number of hydrogen-bond donors (Lipinski definition) is 1. The summed E-state index contributed by atoms with van der Waals surface area (Å²) in [4.78, 5) is 15.8. The van der Waals surface area contributed by atoms with Crippen LogP contribution in [0.25, 0.3) is 10.1 Å². The van der Waals surface area contributed by atoms with Crippen LogP contribution in [0.2, 0.25) is 0 Å². The number of methoxy groups -OCH3 is 2. The Kier molecular flexibility index (Phi) is 7.03. The third-order valence-corrected chi connectivity index (χ3v) is 7.00. The zero-order valence-electron chi connectivity index (χ0n) is 18.1. The number of thiophene rings is 1. The van der Waals surface area contributed by atoms with Gasteiger partial charge in [-0.15, -0.1) is 11.3 Å². The predicted octanol–water partition coefficient (Wildman–Crippen LogP) is 4.73. The molecule has 1 fully saturated rings. The number of likely N-dealkylation sites (tertiary alicyclic amines) is 1. The number of benzene rings is 2. The smallest absolute Gasteiger partial charge is 0.261 e. The lowest BCUT2D eigenvalue weighted by Crippen LogP contribution is -2.44. The van der Waals surface area contributed by atoms with Crippen LogP contribution in [0.5, 0.6) is 5.75 Å². The molecule has 3 aromatic rings. The van der Waals surface area contributed by atoms with E-state index in [1.807, 2.05) is 12.1 Å². The summed E-state index contributed by atoms with van der Waals surface area (Å²) < 4.78 is 39.3. The van der Waals surface area contributed by atoms with E-state index >= 15 is 0 Å². The van der Waals surface area contributed by atoms with Gasteiger partial charge in [-0.05, 0) is 42.7 Å². The van der Waals surface area contributed by atoms with Crippen molar-refractivity contribution in [1.82, 2.24) is 10.2 Å². The highest BCUT2D eigenvalue weighted by Gasteiger charge is 2.25. The van der Waals surface area contributed by atoms with E-state index in [0.717, 1.165) is 36.2 Å². The second-order valence-corrected chi connectivity index (χ2v) is 9.00. The Hall–Kier alpha value is -2.55. The van der Waals surface area contributed by atoms with Crippen LogP contribution in [0.4, 0.5) is 8.78 Å². The first-order chi connectivity index (χ1) is 15.5. The molecule has 1 aromatic heterocycles. The van der Waals surface area contributed by atoms with Crippen LogP contribution in [0.15, 0.2) is 36.4 Å². The third-order valence-electron chi connectivity index (χ3n) is 5.80. The summed E-state index contributed by atoms with van der Waals surface area (Å²) in [5, 5.41) is 3.58.